The molecule has 0 unspecified atom stereocenters. The SMILES string of the molecule is C[C@@H]1CN(C(=O)OC(C)(C)C)C[C@H]1NC(=O)c1cc2cc(Cl)ccc2[nH]1. The summed E-state index contributed by atoms with van der Waals surface area (Å²) >= 11 is 5.99. The summed E-state index contributed by atoms with van der Waals surface area (Å²) in [6, 6.07) is 7.09. The molecule has 0 saturated carbocycles. The van der Waals surface area contributed by atoms with Crippen LogP contribution in [0.25, 0.3) is 10.9 Å². The van der Waals surface area contributed by atoms with Crippen LogP contribution in [0.1, 0.15) is 38.2 Å². The van der Waals surface area contributed by atoms with E-state index >= 15 is 0 Å². The van der Waals surface area contributed by atoms with E-state index in [0.717, 1.165) is 10.9 Å². The maximum Gasteiger partial charge on any atom is 0.410 e. The molecule has 1 aromatic heterocycles. The van der Waals surface area contributed by atoms with Crippen molar-refractivity contribution in [2.45, 2.75) is 39.3 Å². The van der Waals surface area contributed by atoms with E-state index in [2.05, 4.69) is 10.3 Å². The van der Waals surface area contributed by atoms with Crippen LogP contribution in [0.3, 0.4) is 0 Å². The number of halogens is 1. The molecule has 2 atom stereocenters. The molecule has 2 heterocycles. The lowest BCUT2D eigenvalue weighted by Crippen LogP contribution is -2.41. The van der Waals surface area contributed by atoms with Crippen molar-refractivity contribution in [3.63, 3.8) is 0 Å². The molecule has 0 spiro atoms. The Bertz CT molecular complexity index is 840. The number of nitrogens with zero attached hydrogens (tertiary/aromatic N) is 1. The molecule has 1 aliphatic heterocycles. The number of hydrogen-bond donors (Lipinski definition) is 2. The maximum atomic E-state index is 12.6. The highest BCUT2D eigenvalue weighted by Gasteiger charge is 2.35. The monoisotopic (exact) mass is 377 g/mol. The number of nitrogens with one attached hydrogen (secondary N) is 2. The topological polar surface area (TPSA) is 74.4 Å². The van der Waals surface area contributed by atoms with Crippen LogP contribution < -0.4 is 5.32 Å². The molecular weight excluding hydrogens is 354 g/mol. The van der Waals surface area contributed by atoms with E-state index in [9.17, 15) is 9.59 Å². The van der Waals surface area contributed by atoms with E-state index in [1.807, 2.05) is 39.8 Å². The van der Waals surface area contributed by atoms with Crippen LogP contribution >= 0.6 is 11.6 Å². The molecule has 7 heteroatoms. The van der Waals surface area contributed by atoms with Crippen molar-refractivity contribution >= 4 is 34.5 Å². The van der Waals surface area contributed by atoms with Gasteiger partial charge in [-0.3, -0.25) is 4.79 Å². The zero-order valence-electron chi connectivity index (χ0n) is 15.4. The summed E-state index contributed by atoms with van der Waals surface area (Å²) in [5, 5.41) is 4.53. The van der Waals surface area contributed by atoms with Gasteiger partial charge >= 0.3 is 6.09 Å². The van der Waals surface area contributed by atoms with Crippen LogP contribution in [-0.2, 0) is 4.74 Å². The fourth-order valence-corrected chi connectivity index (χ4v) is 3.28. The van der Waals surface area contributed by atoms with Crippen LogP contribution in [0.5, 0.6) is 0 Å². The molecule has 0 bridgehead atoms. The number of hydrogen-bond acceptors (Lipinski definition) is 3. The summed E-state index contributed by atoms with van der Waals surface area (Å²) in [7, 11) is 0. The summed E-state index contributed by atoms with van der Waals surface area (Å²) in [5.74, 6) is -0.0505. The van der Waals surface area contributed by atoms with Crippen LogP contribution in [-0.4, -0.2) is 46.6 Å². The van der Waals surface area contributed by atoms with E-state index in [4.69, 9.17) is 16.3 Å². The van der Waals surface area contributed by atoms with E-state index in [-0.39, 0.29) is 24.0 Å². The van der Waals surface area contributed by atoms with Gasteiger partial charge in [0.25, 0.3) is 5.91 Å². The lowest BCUT2D eigenvalue weighted by Gasteiger charge is -2.24. The Kier molecular flexibility index (Phi) is 4.88. The normalized spacial score (nSPS) is 20.4. The smallest absolute Gasteiger partial charge is 0.410 e. The molecule has 0 radical (unpaired) electrons. The van der Waals surface area contributed by atoms with Gasteiger partial charge in [0.15, 0.2) is 0 Å². The van der Waals surface area contributed by atoms with Crippen LogP contribution in [0.15, 0.2) is 24.3 Å². The summed E-state index contributed by atoms with van der Waals surface area (Å²) < 4.78 is 5.41. The minimum absolute atomic E-state index is 0.120. The summed E-state index contributed by atoms with van der Waals surface area (Å²) in [5.41, 5.74) is 0.799. The van der Waals surface area contributed by atoms with Gasteiger partial charge in [0, 0.05) is 29.0 Å². The maximum absolute atomic E-state index is 12.6. The molecule has 3 rings (SSSR count). The van der Waals surface area contributed by atoms with Gasteiger partial charge in [-0.2, -0.15) is 0 Å². The van der Waals surface area contributed by atoms with Gasteiger partial charge < -0.3 is 19.9 Å². The van der Waals surface area contributed by atoms with Gasteiger partial charge in [0.1, 0.15) is 11.3 Å². The predicted octanol–water partition coefficient (Wildman–Crippen LogP) is 3.81. The average molecular weight is 378 g/mol. The van der Waals surface area contributed by atoms with Gasteiger partial charge in [0.05, 0.1) is 6.04 Å². The Balaban J connectivity index is 1.66. The Labute approximate surface area is 157 Å². The van der Waals surface area contributed by atoms with Gasteiger partial charge in [-0.1, -0.05) is 18.5 Å². The predicted molar refractivity (Wildman–Crippen MR) is 102 cm³/mol. The van der Waals surface area contributed by atoms with Crippen molar-refractivity contribution in [3.05, 3.63) is 35.0 Å². The van der Waals surface area contributed by atoms with Crippen molar-refractivity contribution in [2.75, 3.05) is 13.1 Å². The zero-order chi connectivity index (χ0) is 19.1. The number of likely N-dealkylation sites (tertiary alicyclic amines) is 1. The second kappa shape index (κ2) is 6.83. The molecule has 2 aromatic rings. The summed E-state index contributed by atoms with van der Waals surface area (Å²) in [6.45, 7) is 8.53. The first-order chi connectivity index (χ1) is 12.1. The first-order valence-electron chi connectivity index (χ1n) is 8.69. The third-order valence-electron chi connectivity index (χ3n) is 4.41. The molecule has 2 N–H and O–H groups in total. The van der Waals surface area contributed by atoms with Crippen molar-refractivity contribution in [3.8, 4) is 0 Å². The number of carbonyl (C=O) groups is 2. The number of fused-ring (bicyclic) bond motifs is 1. The Hall–Kier alpha value is -2.21. The van der Waals surface area contributed by atoms with Crippen molar-refractivity contribution in [2.24, 2.45) is 5.92 Å². The van der Waals surface area contributed by atoms with E-state index in [1.165, 1.54) is 0 Å². The minimum atomic E-state index is -0.534. The second-order valence-corrected chi connectivity index (χ2v) is 8.29. The lowest BCUT2D eigenvalue weighted by atomic mass is 10.1. The second-order valence-electron chi connectivity index (χ2n) is 7.86. The third kappa shape index (κ3) is 4.12. The van der Waals surface area contributed by atoms with Crippen molar-refractivity contribution in [1.29, 1.82) is 0 Å². The van der Waals surface area contributed by atoms with E-state index in [0.29, 0.717) is 23.8 Å². The van der Waals surface area contributed by atoms with Crippen LogP contribution in [0.2, 0.25) is 5.02 Å². The molecule has 26 heavy (non-hydrogen) atoms. The Morgan fingerprint density at radius 3 is 2.69 bits per heavy atom. The number of benzene rings is 1. The Morgan fingerprint density at radius 2 is 2.00 bits per heavy atom. The quantitative estimate of drug-likeness (QED) is 0.835. The van der Waals surface area contributed by atoms with Crippen molar-refractivity contribution < 1.29 is 14.3 Å². The molecule has 0 aliphatic carbocycles. The third-order valence-corrected chi connectivity index (χ3v) is 4.64. The highest BCUT2D eigenvalue weighted by molar-refractivity contribution is 6.31. The highest BCUT2D eigenvalue weighted by atomic mass is 35.5. The largest absolute Gasteiger partial charge is 0.444 e. The van der Waals surface area contributed by atoms with Crippen molar-refractivity contribution in [1.82, 2.24) is 15.2 Å². The average Bonchev–Trinajstić information content (AvgIpc) is 3.09. The van der Waals surface area contributed by atoms with Gasteiger partial charge in [-0.05, 0) is 51.0 Å². The van der Waals surface area contributed by atoms with Crippen LogP contribution in [0, 0.1) is 5.92 Å². The standard InChI is InChI=1S/C19H24ClN3O3/c1-11-9-23(18(25)26-19(2,3)4)10-16(11)22-17(24)15-8-12-7-13(20)5-6-14(12)21-15/h5-8,11,16,21H,9-10H2,1-4H3,(H,22,24)/t11-,16-/m1/s1. The molecule has 2 amide bonds. The number of H-pyrrole nitrogens is 1. The molecular formula is C19H24ClN3O3. The van der Waals surface area contributed by atoms with E-state index < -0.39 is 5.60 Å². The first-order valence-corrected chi connectivity index (χ1v) is 9.07. The van der Waals surface area contributed by atoms with Crippen LogP contribution in [0.4, 0.5) is 4.79 Å². The molecule has 1 fully saturated rings. The molecule has 6 nitrogen and oxygen atoms in total. The van der Waals surface area contributed by atoms with Gasteiger partial charge in [-0.15, -0.1) is 0 Å². The number of aromatic amines is 1. The van der Waals surface area contributed by atoms with E-state index in [1.54, 1.807) is 17.0 Å². The fourth-order valence-electron chi connectivity index (χ4n) is 3.10. The molecule has 1 aliphatic rings. The Morgan fingerprint density at radius 1 is 1.27 bits per heavy atom. The first kappa shape index (κ1) is 18.6. The number of amides is 2. The number of carbonyl (C=O) groups excluding carboxylic acids is 2. The molecule has 1 aromatic carbocycles. The lowest BCUT2D eigenvalue weighted by molar-refractivity contribution is 0.0285. The summed E-state index contributed by atoms with van der Waals surface area (Å²) in [6.07, 6.45) is -0.346. The molecule has 140 valence electrons. The number of rotatable bonds is 2. The van der Waals surface area contributed by atoms with Gasteiger partial charge in [-0.25, -0.2) is 4.79 Å². The summed E-state index contributed by atoms with van der Waals surface area (Å²) in [4.78, 5) is 29.6. The fraction of sp³-hybridized carbons (Fsp3) is 0.474. The highest BCUT2D eigenvalue weighted by Crippen LogP contribution is 2.22. The molecule has 1 saturated heterocycles. The zero-order valence-corrected chi connectivity index (χ0v) is 16.2. The van der Waals surface area contributed by atoms with Gasteiger partial charge in [0.2, 0.25) is 0 Å². The number of aromatic nitrogens is 1. The minimum Gasteiger partial charge on any atom is -0.444 e. The number of ether oxygens (including phenoxy) is 1.